The minimum Gasteiger partial charge on any atom is -0.383 e. The van der Waals surface area contributed by atoms with E-state index in [0.717, 1.165) is 24.2 Å². The zero-order valence-corrected chi connectivity index (χ0v) is 13.7. The number of ether oxygens (including phenoxy) is 1. The number of halogens is 1. The summed E-state index contributed by atoms with van der Waals surface area (Å²) < 4.78 is 6.22. The van der Waals surface area contributed by atoms with Crippen molar-refractivity contribution in [3.63, 3.8) is 0 Å². The summed E-state index contributed by atoms with van der Waals surface area (Å²) in [7, 11) is 1.75. The molecular weight excluding hydrogens is 302 g/mol. The lowest BCUT2D eigenvalue weighted by atomic mass is 9.93. The molecule has 1 atom stereocenters. The molecule has 1 unspecified atom stereocenters. The summed E-state index contributed by atoms with van der Waals surface area (Å²) >= 11 is 3.50. The average molecular weight is 328 g/mol. The van der Waals surface area contributed by atoms with Gasteiger partial charge in [-0.1, -0.05) is 54.2 Å². The molecule has 0 aromatic heterocycles. The van der Waals surface area contributed by atoms with Crippen LogP contribution in [0, 0.1) is 0 Å². The van der Waals surface area contributed by atoms with E-state index < -0.39 is 0 Å². The SMILES string of the molecule is CCCCCC(CNCCOC)c1ccc(Br)cc1. The lowest BCUT2D eigenvalue weighted by Crippen LogP contribution is -2.25. The highest BCUT2D eigenvalue weighted by Gasteiger charge is 2.10. The first-order chi connectivity index (χ1) is 9.27. The molecule has 1 aromatic carbocycles. The zero-order chi connectivity index (χ0) is 13.9. The van der Waals surface area contributed by atoms with Gasteiger partial charge < -0.3 is 10.1 Å². The van der Waals surface area contributed by atoms with Crippen LogP contribution in [0.1, 0.15) is 44.1 Å². The monoisotopic (exact) mass is 327 g/mol. The van der Waals surface area contributed by atoms with Gasteiger partial charge in [0.1, 0.15) is 0 Å². The zero-order valence-electron chi connectivity index (χ0n) is 12.1. The van der Waals surface area contributed by atoms with Gasteiger partial charge in [0.15, 0.2) is 0 Å². The van der Waals surface area contributed by atoms with Gasteiger partial charge in [0.25, 0.3) is 0 Å². The highest BCUT2D eigenvalue weighted by atomic mass is 79.9. The molecular formula is C16H26BrNO. The number of unbranched alkanes of at least 4 members (excludes halogenated alkanes) is 2. The van der Waals surface area contributed by atoms with Crippen molar-refractivity contribution >= 4 is 15.9 Å². The number of methoxy groups -OCH3 is 1. The summed E-state index contributed by atoms with van der Waals surface area (Å²) in [5, 5.41) is 3.49. The van der Waals surface area contributed by atoms with Crippen LogP contribution in [0.2, 0.25) is 0 Å². The fourth-order valence-corrected chi connectivity index (χ4v) is 2.48. The van der Waals surface area contributed by atoms with Crippen molar-refractivity contribution < 1.29 is 4.74 Å². The Hall–Kier alpha value is -0.380. The van der Waals surface area contributed by atoms with Gasteiger partial charge in [-0.25, -0.2) is 0 Å². The third-order valence-electron chi connectivity index (χ3n) is 3.37. The predicted molar refractivity (Wildman–Crippen MR) is 85.8 cm³/mol. The van der Waals surface area contributed by atoms with Crippen LogP contribution in [-0.2, 0) is 4.74 Å². The van der Waals surface area contributed by atoms with E-state index in [1.165, 1.54) is 31.2 Å². The summed E-state index contributed by atoms with van der Waals surface area (Å²) in [5.74, 6) is 0.608. The lowest BCUT2D eigenvalue weighted by Gasteiger charge is -2.18. The first-order valence-corrected chi connectivity index (χ1v) is 8.02. The molecule has 0 saturated heterocycles. The molecule has 1 N–H and O–H groups in total. The molecule has 2 nitrogen and oxygen atoms in total. The molecule has 19 heavy (non-hydrogen) atoms. The van der Waals surface area contributed by atoms with Crippen LogP contribution < -0.4 is 5.32 Å². The maximum Gasteiger partial charge on any atom is 0.0587 e. The molecule has 0 radical (unpaired) electrons. The van der Waals surface area contributed by atoms with Crippen molar-refractivity contribution in [1.82, 2.24) is 5.32 Å². The van der Waals surface area contributed by atoms with Crippen molar-refractivity contribution in [2.45, 2.75) is 38.5 Å². The van der Waals surface area contributed by atoms with Gasteiger partial charge in [0.2, 0.25) is 0 Å². The molecule has 3 heteroatoms. The van der Waals surface area contributed by atoms with Crippen molar-refractivity contribution in [2.75, 3.05) is 26.8 Å². The second-order valence-corrected chi connectivity index (χ2v) is 5.86. The molecule has 0 fully saturated rings. The second-order valence-electron chi connectivity index (χ2n) is 4.94. The number of benzene rings is 1. The van der Waals surface area contributed by atoms with Crippen molar-refractivity contribution in [2.24, 2.45) is 0 Å². The summed E-state index contributed by atoms with van der Waals surface area (Å²) in [6.45, 7) is 5.00. The molecule has 0 bridgehead atoms. The number of nitrogens with one attached hydrogen (secondary N) is 1. The third-order valence-corrected chi connectivity index (χ3v) is 3.90. The van der Waals surface area contributed by atoms with Crippen molar-refractivity contribution in [1.29, 1.82) is 0 Å². The van der Waals surface area contributed by atoms with E-state index in [0.29, 0.717) is 5.92 Å². The van der Waals surface area contributed by atoms with Gasteiger partial charge in [-0.3, -0.25) is 0 Å². The number of hydrogen-bond acceptors (Lipinski definition) is 2. The van der Waals surface area contributed by atoms with Crippen LogP contribution in [-0.4, -0.2) is 26.8 Å². The Morgan fingerprint density at radius 1 is 1.21 bits per heavy atom. The minimum atomic E-state index is 0.608. The fraction of sp³-hybridized carbons (Fsp3) is 0.625. The number of rotatable bonds is 10. The molecule has 0 heterocycles. The van der Waals surface area contributed by atoms with E-state index in [2.05, 4.69) is 52.4 Å². The van der Waals surface area contributed by atoms with E-state index >= 15 is 0 Å². The summed E-state index contributed by atoms with van der Waals surface area (Å²) in [6.07, 6.45) is 5.17. The average Bonchev–Trinajstić information content (AvgIpc) is 2.43. The van der Waals surface area contributed by atoms with Crippen LogP contribution in [0.25, 0.3) is 0 Å². The van der Waals surface area contributed by atoms with Crippen molar-refractivity contribution in [3.8, 4) is 0 Å². The van der Waals surface area contributed by atoms with Crippen LogP contribution in [0.15, 0.2) is 28.7 Å². The summed E-state index contributed by atoms with van der Waals surface area (Å²) in [4.78, 5) is 0. The van der Waals surface area contributed by atoms with Crippen LogP contribution in [0.5, 0.6) is 0 Å². The predicted octanol–water partition coefficient (Wildman–Crippen LogP) is 4.35. The summed E-state index contributed by atoms with van der Waals surface area (Å²) in [5.41, 5.74) is 1.43. The van der Waals surface area contributed by atoms with Crippen LogP contribution in [0.4, 0.5) is 0 Å². The quantitative estimate of drug-likeness (QED) is 0.645. The molecule has 1 rings (SSSR count). The summed E-state index contributed by atoms with van der Waals surface area (Å²) in [6, 6.07) is 8.74. The van der Waals surface area contributed by atoms with Crippen LogP contribution >= 0.6 is 15.9 Å². The van der Waals surface area contributed by atoms with E-state index in [1.807, 2.05) is 0 Å². The van der Waals surface area contributed by atoms with Gasteiger partial charge in [0, 0.05) is 24.7 Å². The Labute approximate surface area is 126 Å². The Morgan fingerprint density at radius 2 is 1.95 bits per heavy atom. The molecule has 0 aliphatic rings. The van der Waals surface area contributed by atoms with E-state index in [-0.39, 0.29) is 0 Å². The van der Waals surface area contributed by atoms with Gasteiger partial charge in [0.05, 0.1) is 6.61 Å². The molecule has 0 aliphatic carbocycles. The van der Waals surface area contributed by atoms with Crippen molar-refractivity contribution in [3.05, 3.63) is 34.3 Å². The van der Waals surface area contributed by atoms with Gasteiger partial charge in [-0.15, -0.1) is 0 Å². The minimum absolute atomic E-state index is 0.608. The maximum absolute atomic E-state index is 5.07. The fourth-order valence-electron chi connectivity index (χ4n) is 2.21. The van der Waals surface area contributed by atoms with Gasteiger partial charge in [-0.2, -0.15) is 0 Å². The van der Waals surface area contributed by atoms with Gasteiger partial charge in [-0.05, 0) is 30.0 Å². The molecule has 108 valence electrons. The standard InChI is InChI=1S/C16H26BrNO/c1-3-4-5-6-15(13-18-11-12-19-2)14-7-9-16(17)10-8-14/h7-10,15,18H,3-6,11-13H2,1-2H3. The molecule has 0 amide bonds. The normalized spacial score (nSPS) is 12.6. The smallest absolute Gasteiger partial charge is 0.0587 e. The molecule has 1 aromatic rings. The molecule has 0 aliphatic heterocycles. The third kappa shape index (κ3) is 7.09. The lowest BCUT2D eigenvalue weighted by molar-refractivity contribution is 0.198. The Bertz CT molecular complexity index is 326. The van der Waals surface area contributed by atoms with E-state index in [1.54, 1.807) is 7.11 Å². The highest BCUT2D eigenvalue weighted by molar-refractivity contribution is 9.10. The van der Waals surface area contributed by atoms with E-state index in [9.17, 15) is 0 Å². The first kappa shape index (κ1) is 16.7. The molecule has 0 saturated carbocycles. The first-order valence-electron chi connectivity index (χ1n) is 7.23. The maximum atomic E-state index is 5.07. The van der Waals surface area contributed by atoms with Crippen LogP contribution in [0.3, 0.4) is 0 Å². The number of hydrogen-bond donors (Lipinski definition) is 1. The Kier molecular flexibility index (Phi) is 9.14. The van der Waals surface area contributed by atoms with Gasteiger partial charge >= 0.3 is 0 Å². The topological polar surface area (TPSA) is 21.3 Å². The largest absolute Gasteiger partial charge is 0.383 e. The highest BCUT2D eigenvalue weighted by Crippen LogP contribution is 2.23. The Balaban J connectivity index is 2.49. The Morgan fingerprint density at radius 3 is 2.58 bits per heavy atom. The molecule has 0 spiro atoms. The van der Waals surface area contributed by atoms with E-state index in [4.69, 9.17) is 4.74 Å². The second kappa shape index (κ2) is 10.4.